The third-order valence-corrected chi connectivity index (χ3v) is 5.73. The number of hydrogen-bond donors (Lipinski definition) is 2. The zero-order valence-corrected chi connectivity index (χ0v) is 16.3. The van der Waals surface area contributed by atoms with Gasteiger partial charge in [-0.15, -0.1) is 11.3 Å². The average molecular weight is 375 g/mol. The van der Waals surface area contributed by atoms with Crippen LogP contribution in [0.25, 0.3) is 10.2 Å². The summed E-state index contributed by atoms with van der Waals surface area (Å²) < 4.78 is 19.0. The predicted molar refractivity (Wildman–Crippen MR) is 103 cm³/mol. The van der Waals surface area contributed by atoms with Crippen molar-refractivity contribution >= 4 is 21.6 Å². The fraction of sp³-hybridized carbons (Fsp3) is 0.368. The summed E-state index contributed by atoms with van der Waals surface area (Å²) in [5.74, 6) is 0.852. The highest BCUT2D eigenvalue weighted by Gasteiger charge is 2.19. The van der Waals surface area contributed by atoms with E-state index in [9.17, 15) is 9.18 Å². The van der Waals surface area contributed by atoms with Gasteiger partial charge in [-0.2, -0.15) is 0 Å². The van der Waals surface area contributed by atoms with Crippen molar-refractivity contribution in [1.29, 1.82) is 0 Å². The molecule has 2 N–H and O–H groups in total. The van der Waals surface area contributed by atoms with Gasteiger partial charge in [0, 0.05) is 16.5 Å². The number of fused-ring (bicyclic) bond motifs is 1. The summed E-state index contributed by atoms with van der Waals surface area (Å²) in [6.07, 6.45) is 0. The maximum atomic E-state index is 13.6. The Morgan fingerprint density at radius 1 is 1.27 bits per heavy atom. The molecule has 26 heavy (non-hydrogen) atoms. The van der Waals surface area contributed by atoms with E-state index in [4.69, 9.17) is 4.74 Å². The molecule has 3 aromatic rings. The summed E-state index contributed by atoms with van der Waals surface area (Å²) in [4.78, 5) is 21.8. The minimum absolute atomic E-state index is 0.128. The fourth-order valence-corrected chi connectivity index (χ4v) is 4.10. The maximum Gasteiger partial charge on any atom is 0.259 e. The molecule has 0 aliphatic carbocycles. The van der Waals surface area contributed by atoms with Crippen molar-refractivity contribution in [2.75, 3.05) is 7.11 Å². The van der Waals surface area contributed by atoms with Gasteiger partial charge in [-0.1, -0.05) is 0 Å². The third kappa shape index (κ3) is 3.37. The van der Waals surface area contributed by atoms with Gasteiger partial charge in [0.15, 0.2) is 0 Å². The number of aromatic amines is 1. The van der Waals surface area contributed by atoms with E-state index in [1.54, 1.807) is 13.2 Å². The van der Waals surface area contributed by atoms with Crippen LogP contribution < -0.4 is 15.6 Å². The van der Waals surface area contributed by atoms with Crippen LogP contribution in [0.3, 0.4) is 0 Å². The van der Waals surface area contributed by atoms with Crippen molar-refractivity contribution in [2.24, 2.45) is 0 Å². The van der Waals surface area contributed by atoms with Gasteiger partial charge in [0.25, 0.3) is 5.56 Å². The van der Waals surface area contributed by atoms with Gasteiger partial charge >= 0.3 is 0 Å². The molecule has 0 radical (unpaired) electrons. The number of nitrogens with one attached hydrogen (secondary N) is 2. The van der Waals surface area contributed by atoms with Crippen molar-refractivity contribution < 1.29 is 9.13 Å². The number of nitrogens with zero attached hydrogens (tertiary/aromatic N) is 1. The monoisotopic (exact) mass is 375 g/mol. The minimum atomic E-state index is -0.320. The number of hydrogen-bond acceptors (Lipinski definition) is 5. The van der Waals surface area contributed by atoms with Crippen molar-refractivity contribution in [3.05, 3.63) is 56.2 Å². The molecule has 2 aromatic heterocycles. The fourth-order valence-electron chi connectivity index (χ4n) is 3.06. The van der Waals surface area contributed by atoms with Crippen LogP contribution in [-0.2, 0) is 0 Å². The summed E-state index contributed by atoms with van der Waals surface area (Å²) in [5, 5.41) is 4.01. The molecule has 0 aliphatic rings. The molecular formula is C19H22FN3O2S. The number of aryl methyl sites for hydroxylation is 2. The Bertz CT molecular complexity index is 1010. The molecule has 5 nitrogen and oxygen atoms in total. The normalized spacial score (nSPS) is 13.8. The highest BCUT2D eigenvalue weighted by molar-refractivity contribution is 7.18. The van der Waals surface area contributed by atoms with Gasteiger partial charge < -0.3 is 15.0 Å². The first-order valence-corrected chi connectivity index (χ1v) is 9.22. The largest absolute Gasteiger partial charge is 0.496 e. The molecule has 1 aromatic carbocycles. The zero-order valence-electron chi connectivity index (χ0n) is 15.4. The summed E-state index contributed by atoms with van der Waals surface area (Å²) in [5.41, 5.74) is 1.56. The van der Waals surface area contributed by atoms with E-state index in [2.05, 4.69) is 15.3 Å². The van der Waals surface area contributed by atoms with E-state index >= 15 is 0 Å². The van der Waals surface area contributed by atoms with Crippen LogP contribution in [0.4, 0.5) is 4.39 Å². The number of benzene rings is 1. The van der Waals surface area contributed by atoms with Gasteiger partial charge in [-0.05, 0) is 51.5 Å². The number of rotatable bonds is 5. The van der Waals surface area contributed by atoms with Crippen LogP contribution >= 0.6 is 11.3 Å². The number of H-pyrrole nitrogens is 1. The standard InChI is InChI=1S/C19H22FN3O2S/c1-9-12(4)26-19-16(9)18(24)22-17(23-19)11(3)21-10(2)14-8-13(20)6-7-15(14)25-5/h6-8,10-11,21H,1-5H3,(H,22,23,24)/t10-,11-/m1/s1. The first-order valence-electron chi connectivity index (χ1n) is 8.41. The molecule has 0 saturated heterocycles. The van der Waals surface area contributed by atoms with E-state index in [-0.39, 0.29) is 23.5 Å². The lowest BCUT2D eigenvalue weighted by atomic mass is 10.1. The Hall–Kier alpha value is -2.25. The van der Waals surface area contributed by atoms with E-state index in [1.165, 1.54) is 23.5 Å². The zero-order chi connectivity index (χ0) is 19.0. The van der Waals surface area contributed by atoms with Crippen LogP contribution in [0, 0.1) is 19.7 Å². The smallest absolute Gasteiger partial charge is 0.259 e. The molecule has 0 saturated carbocycles. The molecule has 0 unspecified atom stereocenters. The molecular weight excluding hydrogens is 353 g/mol. The van der Waals surface area contributed by atoms with Crippen LogP contribution in [-0.4, -0.2) is 17.1 Å². The molecule has 2 heterocycles. The Kier molecular flexibility index (Phi) is 5.11. The van der Waals surface area contributed by atoms with Crippen LogP contribution in [0.5, 0.6) is 5.75 Å². The van der Waals surface area contributed by atoms with Crippen LogP contribution in [0.15, 0.2) is 23.0 Å². The second-order valence-electron chi connectivity index (χ2n) is 6.41. The molecule has 0 spiro atoms. The quantitative estimate of drug-likeness (QED) is 0.703. The lowest BCUT2D eigenvalue weighted by Crippen LogP contribution is -2.26. The molecule has 0 fully saturated rings. The highest BCUT2D eigenvalue weighted by Crippen LogP contribution is 2.29. The van der Waals surface area contributed by atoms with Crippen molar-refractivity contribution in [2.45, 2.75) is 39.8 Å². The third-order valence-electron chi connectivity index (χ3n) is 4.63. The van der Waals surface area contributed by atoms with Crippen molar-refractivity contribution in [3.63, 3.8) is 0 Å². The van der Waals surface area contributed by atoms with Gasteiger partial charge in [0.1, 0.15) is 22.2 Å². The summed E-state index contributed by atoms with van der Waals surface area (Å²) in [6, 6.07) is 4.01. The predicted octanol–water partition coefficient (Wildman–Crippen LogP) is 4.16. The van der Waals surface area contributed by atoms with Gasteiger partial charge in [0.05, 0.1) is 18.5 Å². The molecule has 0 bridgehead atoms. The number of aromatic nitrogens is 2. The van der Waals surface area contributed by atoms with Crippen molar-refractivity contribution in [3.8, 4) is 5.75 Å². The van der Waals surface area contributed by atoms with Crippen LogP contribution in [0.2, 0.25) is 0 Å². The maximum absolute atomic E-state index is 13.6. The molecule has 3 rings (SSSR count). The van der Waals surface area contributed by atoms with Gasteiger partial charge in [-0.25, -0.2) is 9.37 Å². The average Bonchev–Trinajstić information content (AvgIpc) is 2.89. The second-order valence-corrected chi connectivity index (χ2v) is 7.61. The SMILES string of the molecule is COc1ccc(F)cc1[C@@H](C)N[C@H](C)c1nc2sc(C)c(C)c2c(=O)[nH]1. The molecule has 138 valence electrons. The Balaban J connectivity index is 1.91. The number of halogens is 1. The highest BCUT2D eigenvalue weighted by atomic mass is 32.1. The lowest BCUT2D eigenvalue weighted by molar-refractivity contribution is 0.393. The van der Waals surface area contributed by atoms with Crippen molar-refractivity contribution in [1.82, 2.24) is 15.3 Å². The topological polar surface area (TPSA) is 67.0 Å². The molecule has 0 amide bonds. The lowest BCUT2D eigenvalue weighted by Gasteiger charge is -2.21. The molecule has 2 atom stereocenters. The van der Waals surface area contributed by atoms with Gasteiger partial charge in [-0.3, -0.25) is 4.79 Å². The Labute approximate surface area is 155 Å². The van der Waals surface area contributed by atoms with E-state index in [1.807, 2.05) is 27.7 Å². The summed E-state index contributed by atoms with van der Waals surface area (Å²) in [6.45, 7) is 7.76. The molecule has 0 aliphatic heterocycles. The first-order chi connectivity index (χ1) is 12.3. The van der Waals surface area contributed by atoms with E-state index in [0.29, 0.717) is 22.5 Å². The van der Waals surface area contributed by atoms with Crippen LogP contribution in [0.1, 0.15) is 47.8 Å². The first kappa shape index (κ1) is 18.5. The number of methoxy groups -OCH3 is 1. The number of ether oxygens (including phenoxy) is 1. The molecule has 7 heteroatoms. The minimum Gasteiger partial charge on any atom is -0.496 e. The number of thiophene rings is 1. The van der Waals surface area contributed by atoms with Gasteiger partial charge in [0.2, 0.25) is 0 Å². The summed E-state index contributed by atoms with van der Waals surface area (Å²) in [7, 11) is 1.56. The van der Waals surface area contributed by atoms with E-state index in [0.717, 1.165) is 15.3 Å². The van der Waals surface area contributed by atoms with E-state index < -0.39 is 0 Å². The Morgan fingerprint density at radius 3 is 2.69 bits per heavy atom. The second kappa shape index (κ2) is 7.17. The summed E-state index contributed by atoms with van der Waals surface area (Å²) >= 11 is 1.52. The Morgan fingerprint density at radius 2 is 2.00 bits per heavy atom.